The maximum absolute atomic E-state index is 13.0. The van der Waals surface area contributed by atoms with E-state index in [1.54, 1.807) is 17.6 Å². The van der Waals surface area contributed by atoms with Gasteiger partial charge in [0, 0.05) is 6.54 Å². The van der Waals surface area contributed by atoms with Crippen molar-refractivity contribution in [2.45, 2.75) is 12.5 Å². The first-order valence-electron chi connectivity index (χ1n) is 7.13. The molecule has 0 N–H and O–H groups in total. The summed E-state index contributed by atoms with van der Waals surface area (Å²) in [7, 11) is 0. The standard InChI is InChI=1S/C17H13FN2OS/c18-12-6-4-11(5-7-12)15-8-9-20(15)17(21)13-2-1-3-14-16(13)22-10-19-14/h1-7,10,15H,8-9H2. The number of fused-ring (bicyclic) bond motifs is 1. The monoisotopic (exact) mass is 312 g/mol. The van der Waals surface area contributed by atoms with Gasteiger partial charge in [0.15, 0.2) is 0 Å². The van der Waals surface area contributed by atoms with Crippen LogP contribution in [0.2, 0.25) is 0 Å². The van der Waals surface area contributed by atoms with Crippen LogP contribution in [0.1, 0.15) is 28.4 Å². The summed E-state index contributed by atoms with van der Waals surface area (Å²) in [5, 5.41) is 0. The number of hydrogen-bond donors (Lipinski definition) is 0. The molecule has 0 saturated carbocycles. The molecule has 1 fully saturated rings. The Kier molecular flexibility index (Phi) is 3.15. The lowest BCUT2D eigenvalue weighted by Crippen LogP contribution is -2.45. The van der Waals surface area contributed by atoms with Crippen molar-refractivity contribution in [3.63, 3.8) is 0 Å². The Morgan fingerprint density at radius 2 is 2.05 bits per heavy atom. The molecular formula is C17H13FN2OS. The minimum absolute atomic E-state index is 0.0235. The number of hydrogen-bond acceptors (Lipinski definition) is 3. The first kappa shape index (κ1) is 13.4. The van der Waals surface area contributed by atoms with Gasteiger partial charge in [0.1, 0.15) is 5.82 Å². The first-order valence-corrected chi connectivity index (χ1v) is 8.00. The number of rotatable bonds is 2. The smallest absolute Gasteiger partial charge is 0.255 e. The van der Waals surface area contributed by atoms with Crippen LogP contribution in [0, 0.1) is 5.82 Å². The van der Waals surface area contributed by atoms with Crippen LogP contribution < -0.4 is 0 Å². The Labute approximate surface area is 131 Å². The summed E-state index contributed by atoms with van der Waals surface area (Å²) in [6.07, 6.45) is 0.913. The predicted octanol–water partition coefficient (Wildman–Crippen LogP) is 4.02. The average Bonchev–Trinajstić information content (AvgIpc) is 2.96. The van der Waals surface area contributed by atoms with Crippen LogP contribution in [0.5, 0.6) is 0 Å². The number of thiazole rings is 1. The van der Waals surface area contributed by atoms with Gasteiger partial charge in [-0.2, -0.15) is 0 Å². The summed E-state index contributed by atoms with van der Waals surface area (Å²) in [5.41, 5.74) is 4.30. The highest BCUT2D eigenvalue weighted by atomic mass is 32.1. The van der Waals surface area contributed by atoms with Crippen LogP contribution >= 0.6 is 11.3 Å². The number of carbonyl (C=O) groups excluding carboxylic acids is 1. The Balaban J connectivity index is 1.65. The van der Waals surface area contributed by atoms with Gasteiger partial charge in [-0.1, -0.05) is 18.2 Å². The summed E-state index contributed by atoms with van der Waals surface area (Å²) in [6.45, 7) is 0.732. The fraction of sp³-hybridized carbons (Fsp3) is 0.176. The molecule has 0 aliphatic carbocycles. The summed E-state index contributed by atoms with van der Waals surface area (Å²) in [4.78, 5) is 18.9. The zero-order chi connectivity index (χ0) is 15.1. The third-order valence-electron chi connectivity index (χ3n) is 4.12. The quantitative estimate of drug-likeness (QED) is 0.716. The van der Waals surface area contributed by atoms with E-state index in [4.69, 9.17) is 0 Å². The van der Waals surface area contributed by atoms with Gasteiger partial charge >= 0.3 is 0 Å². The van der Waals surface area contributed by atoms with Gasteiger partial charge in [-0.15, -0.1) is 11.3 Å². The van der Waals surface area contributed by atoms with E-state index in [1.165, 1.54) is 23.5 Å². The van der Waals surface area contributed by atoms with E-state index in [0.29, 0.717) is 5.56 Å². The van der Waals surface area contributed by atoms with Gasteiger partial charge in [-0.3, -0.25) is 4.79 Å². The van der Waals surface area contributed by atoms with Crippen LogP contribution in [0.15, 0.2) is 48.0 Å². The molecule has 1 unspecified atom stereocenters. The van der Waals surface area contributed by atoms with Gasteiger partial charge < -0.3 is 4.90 Å². The van der Waals surface area contributed by atoms with Crippen molar-refractivity contribution in [3.8, 4) is 0 Å². The van der Waals surface area contributed by atoms with E-state index in [1.807, 2.05) is 23.1 Å². The van der Waals surface area contributed by atoms with Gasteiger partial charge in [-0.25, -0.2) is 9.37 Å². The second-order valence-electron chi connectivity index (χ2n) is 5.36. The molecule has 1 amide bonds. The number of likely N-dealkylation sites (tertiary alicyclic amines) is 1. The molecular weight excluding hydrogens is 299 g/mol. The van der Waals surface area contributed by atoms with Gasteiger partial charge in [0.2, 0.25) is 0 Å². The molecule has 1 saturated heterocycles. The molecule has 1 aliphatic heterocycles. The van der Waals surface area contributed by atoms with Crippen LogP contribution in [0.4, 0.5) is 4.39 Å². The van der Waals surface area contributed by atoms with E-state index >= 15 is 0 Å². The average molecular weight is 312 g/mol. The van der Waals surface area contributed by atoms with Crippen molar-refractivity contribution < 1.29 is 9.18 Å². The van der Waals surface area contributed by atoms with Crippen molar-refractivity contribution in [1.82, 2.24) is 9.88 Å². The maximum Gasteiger partial charge on any atom is 0.255 e. The molecule has 2 aromatic carbocycles. The molecule has 1 atom stereocenters. The summed E-state index contributed by atoms with van der Waals surface area (Å²) < 4.78 is 14.0. The molecule has 22 heavy (non-hydrogen) atoms. The van der Waals surface area contributed by atoms with Crippen LogP contribution in [-0.4, -0.2) is 22.3 Å². The van der Waals surface area contributed by atoms with Crippen molar-refractivity contribution in [3.05, 3.63) is 64.9 Å². The van der Waals surface area contributed by atoms with E-state index in [-0.39, 0.29) is 17.8 Å². The van der Waals surface area contributed by atoms with Crippen LogP contribution in [0.3, 0.4) is 0 Å². The normalized spacial score (nSPS) is 17.5. The number of carbonyl (C=O) groups is 1. The summed E-state index contributed by atoms with van der Waals surface area (Å²) >= 11 is 1.49. The third-order valence-corrected chi connectivity index (χ3v) is 5.00. The highest BCUT2D eigenvalue weighted by Gasteiger charge is 2.34. The molecule has 0 radical (unpaired) electrons. The Morgan fingerprint density at radius 1 is 1.23 bits per heavy atom. The largest absolute Gasteiger partial charge is 0.331 e. The van der Waals surface area contributed by atoms with E-state index in [2.05, 4.69) is 4.98 Å². The molecule has 1 aromatic heterocycles. The molecule has 2 heterocycles. The molecule has 1 aliphatic rings. The van der Waals surface area contributed by atoms with Crippen LogP contribution in [0.25, 0.3) is 10.2 Å². The minimum atomic E-state index is -0.254. The van der Waals surface area contributed by atoms with Crippen molar-refractivity contribution in [1.29, 1.82) is 0 Å². The number of amides is 1. The molecule has 110 valence electrons. The lowest BCUT2D eigenvalue weighted by Gasteiger charge is -2.41. The minimum Gasteiger partial charge on any atom is -0.331 e. The zero-order valence-corrected chi connectivity index (χ0v) is 12.5. The topological polar surface area (TPSA) is 33.2 Å². The Morgan fingerprint density at radius 3 is 2.77 bits per heavy atom. The van der Waals surface area contributed by atoms with E-state index < -0.39 is 0 Å². The van der Waals surface area contributed by atoms with Crippen molar-refractivity contribution >= 4 is 27.5 Å². The van der Waals surface area contributed by atoms with Gasteiger partial charge in [-0.05, 0) is 36.2 Å². The zero-order valence-electron chi connectivity index (χ0n) is 11.7. The van der Waals surface area contributed by atoms with Crippen molar-refractivity contribution in [2.75, 3.05) is 6.54 Å². The molecule has 0 bridgehead atoms. The summed E-state index contributed by atoms with van der Waals surface area (Å²) in [5.74, 6) is -0.231. The molecule has 0 spiro atoms. The van der Waals surface area contributed by atoms with Gasteiger partial charge in [0.25, 0.3) is 5.91 Å². The lowest BCUT2D eigenvalue weighted by molar-refractivity contribution is 0.0462. The second-order valence-corrected chi connectivity index (χ2v) is 6.22. The molecule has 3 nitrogen and oxygen atoms in total. The second kappa shape index (κ2) is 5.18. The van der Waals surface area contributed by atoms with E-state index in [0.717, 1.165) is 28.7 Å². The number of nitrogens with zero attached hydrogens (tertiary/aromatic N) is 2. The van der Waals surface area contributed by atoms with Crippen molar-refractivity contribution in [2.24, 2.45) is 0 Å². The molecule has 4 rings (SSSR count). The maximum atomic E-state index is 13.0. The summed E-state index contributed by atoms with van der Waals surface area (Å²) in [6, 6.07) is 12.1. The third kappa shape index (κ3) is 2.09. The fourth-order valence-electron chi connectivity index (χ4n) is 2.87. The lowest BCUT2D eigenvalue weighted by atomic mass is 9.93. The first-order chi connectivity index (χ1) is 10.7. The molecule has 5 heteroatoms. The highest BCUT2D eigenvalue weighted by Crippen LogP contribution is 2.36. The number of aromatic nitrogens is 1. The number of halogens is 1. The predicted molar refractivity (Wildman–Crippen MR) is 84.4 cm³/mol. The Hall–Kier alpha value is -2.27. The SMILES string of the molecule is O=C(c1cccc2ncsc12)N1CCC1c1ccc(F)cc1. The fourth-order valence-corrected chi connectivity index (χ4v) is 3.67. The Bertz CT molecular complexity index is 843. The van der Waals surface area contributed by atoms with Crippen LogP contribution in [-0.2, 0) is 0 Å². The van der Waals surface area contributed by atoms with Gasteiger partial charge in [0.05, 0.1) is 27.3 Å². The molecule has 3 aromatic rings. The number of benzene rings is 2. The highest BCUT2D eigenvalue weighted by molar-refractivity contribution is 7.17. The van der Waals surface area contributed by atoms with E-state index in [9.17, 15) is 9.18 Å².